The van der Waals surface area contributed by atoms with Crippen molar-refractivity contribution in [1.29, 1.82) is 0 Å². The summed E-state index contributed by atoms with van der Waals surface area (Å²) in [7, 11) is 0. The summed E-state index contributed by atoms with van der Waals surface area (Å²) >= 11 is 1.74. The molecular formula is C14H26N4S. The summed E-state index contributed by atoms with van der Waals surface area (Å²) in [6.07, 6.45) is 4.36. The van der Waals surface area contributed by atoms with E-state index in [9.17, 15) is 0 Å². The van der Waals surface area contributed by atoms with Crippen molar-refractivity contribution in [3.05, 3.63) is 11.6 Å². The molecule has 1 aromatic rings. The fraction of sp³-hybridized carbons (Fsp3) is 0.786. The lowest BCUT2D eigenvalue weighted by Gasteiger charge is -2.34. The minimum absolute atomic E-state index is 0.691. The standard InChI is InChI=1S/C14H26N4S/c1-3-13(4-2)15-5-7-17-8-10-18(11-9-17)14-16-6-12-19-14/h6,12-13,15H,3-5,7-11H2,1-2H3. The highest BCUT2D eigenvalue weighted by atomic mass is 32.1. The summed E-state index contributed by atoms with van der Waals surface area (Å²) in [5.41, 5.74) is 0. The molecule has 0 bridgehead atoms. The van der Waals surface area contributed by atoms with Crippen LogP contribution >= 0.6 is 11.3 Å². The Morgan fingerprint density at radius 1 is 1.26 bits per heavy atom. The number of rotatable bonds is 7. The zero-order valence-corrected chi connectivity index (χ0v) is 13.0. The first-order valence-electron chi connectivity index (χ1n) is 7.43. The van der Waals surface area contributed by atoms with Gasteiger partial charge in [0, 0.05) is 56.9 Å². The van der Waals surface area contributed by atoms with Crippen LogP contribution in [-0.4, -0.2) is 55.2 Å². The maximum atomic E-state index is 4.39. The highest BCUT2D eigenvalue weighted by Crippen LogP contribution is 2.18. The predicted molar refractivity (Wildman–Crippen MR) is 83.1 cm³/mol. The van der Waals surface area contributed by atoms with Crippen LogP contribution in [0.1, 0.15) is 26.7 Å². The maximum Gasteiger partial charge on any atom is 0.185 e. The van der Waals surface area contributed by atoms with Crippen LogP contribution < -0.4 is 10.2 Å². The molecule has 0 unspecified atom stereocenters. The summed E-state index contributed by atoms with van der Waals surface area (Å²) in [5, 5.41) is 6.87. The molecule has 108 valence electrons. The van der Waals surface area contributed by atoms with E-state index in [1.165, 1.54) is 24.5 Å². The minimum Gasteiger partial charge on any atom is -0.346 e. The lowest BCUT2D eigenvalue weighted by atomic mass is 10.2. The molecular weight excluding hydrogens is 256 g/mol. The van der Waals surface area contributed by atoms with Gasteiger partial charge in [0.05, 0.1) is 0 Å². The second-order valence-electron chi connectivity index (χ2n) is 5.11. The van der Waals surface area contributed by atoms with Crippen molar-refractivity contribution < 1.29 is 0 Å². The highest BCUT2D eigenvalue weighted by Gasteiger charge is 2.18. The van der Waals surface area contributed by atoms with Crippen molar-refractivity contribution in [3.8, 4) is 0 Å². The second kappa shape index (κ2) is 7.82. The first-order valence-corrected chi connectivity index (χ1v) is 8.31. The Kier molecular flexibility index (Phi) is 6.07. The molecule has 19 heavy (non-hydrogen) atoms. The average Bonchev–Trinajstić information content (AvgIpc) is 2.98. The van der Waals surface area contributed by atoms with E-state index in [-0.39, 0.29) is 0 Å². The first-order chi connectivity index (χ1) is 9.33. The van der Waals surface area contributed by atoms with Gasteiger partial charge >= 0.3 is 0 Å². The van der Waals surface area contributed by atoms with Crippen LogP contribution in [0, 0.1) is 0 Å². The molecule has 1 aliphatic rings. The Hall–Kier alpha value is -0.650. The molecule has 4 nitrogen and oxygen atoms in total. The zero-order chi connectivity index (χ0) is 13.5. The van der Waals surface area contributed by atoms with E-state index >= 15 is 0 Å². The van der Waals surface area contributed by atoms with Crippen LogP contribution in [0.4, 0.5) is 5.13 Å². The Balaban J connectivity index is 1.64. The molecule has 0 spiro atoms. The molecule has 1 saturated heterocycles. The molecule has 0 radical (unpaired) electrons. The fourth-order valence-electron chi connectivity index (χ4n) is 2.54. The van der Waals surface area contributed by atoms with Crippen molar-refractivity contribution in [3.63, 3.8) is 0 Å². The van der Waals surface area contributed by atoms with E-state index in [4.69, 9.17) is 0 Å². The van der Waals surface area contributed by atoms with E-state index in [1.54, 1.807) is 11.3 Å². The topological polar surface area (TPSA) is 31.4 Å². The van der Waals surface area contributed by atoms with Gasteiger partial charge in [-0.3, -0.25) is 4.90 Å². The van der Waals surface area contributed by atoms with Gasteiger partial charge in [0.2, 0.25) is 0 Å². The molecule has 0 saturated carbocycles. The van der Waals surface area contributed by atoms with Gasteiger partial charge in [-0.15, -0.1) is 11.3 Å². The third-order valence-electron chi connectivity index (χ3n) is 3.91. The van der Waals surface area contributed by atoms with Gasteiger partial charge in [0.15, 0.2) is 5.13 Å². The molecule has 2 rings (SSSR count). The molecule has 1 fully saturated rings. The Morgan fingerprint density at radius 2 is 2.00 bits per heavy atom. The lowest BCUT2D eigenvalue weighted by Crippen LogP contribution is -2.48. The van der Waals surface area contributed by atoms with Gasteiger partial charge in [-0.2, -0.15) is 0 Å². The first kappa shape index (κ1) is 14.8. The maximum absolute atomic E-state index is 4.39. The van der Waals surface area contributed by atoms with E-state index in [0.717, 1.165) is 32.7 Å². The molecule has 1 N–H and O–H groups in total. The summed E-state index contributed by atoms with van der Waals surface area (Å²) in [5.74, 6) is 0. The van der Waals surface area contributed by atoms with Crippen LogP contribution in [-0.2, 0) is 0 Å². The zero-order valence-electron chi connectivity index (χ0n) is 12.1. The van der Waals surface area contributed by atoms with E-state index in [0.29, 0.717) is 6.04 Å². The number of hydrogen-bond donors (Lipinski definition) is 1. The lowest BCUT2D eigenvalue weighted by molar-refractivity contribution is 0.252. The summed E-state index contributed by atoms with van der Waals surface area (Å²) in [6.45, 7) is 11.3. The largest absolute Gasteiger partial charge is 0.346 e. The molecule has 0 aliphatic carbocycles. The number of nitrogens with zero attached hydrogens (tertiary/aromatic N) is 3. The number of aromatic nitrogens is 1. The van der Waals surface area contributed by atoms with Crippen molar-refractivity contribution >= 4 is 16.5 Å². The smallest absolute Gasteiger partial charge is 0.185 e. The summed E-state index contributed by atoms with van der Waals surface area (Å²) in [6, 6.07) is 0.691. The Labute approximate surface area is 120 Å². The van der Waals surface area contributed by atoms with Gasteiger partial charge < -0.3 is 10.2 Å². The second-order valence-corrected chi connectivity index (χ2v) is 5.98. The van der Waals surface area contributed by atoms with Crippen LogP contribution in [0.15, 0.2) is 11.6 Å². The van der Waals surface area contributed by atoms with Crippen LogP contribution in [0.3, 0.4) is 0 Å². The van der Waals surface area contributed by atoms with Gasteiger partial charge in [0.1, 0.15) is 0 Å². The molecule has 0 atom stereocenters. The van der Waals surface area contributed by atoms with Crippen LogP contribution in [0.5, 0.6) is 0 Å². The molecule has 1 aliphatic heterocycles. The van der Waals surface area contributed by atoms with Crippen LogP contribution in [0.2, 0.25) is 0 Å². The Morgan fingerprint density at radius 3 is 2.58 bits per heavy atom. The van der Waals surface area contributed by atoms with Gasteiger partial charge in [0.25, 0.3) is 0 Å². The fourth-order valence-corrected chi connectivity index (χ4v) is 3.24. The number of nitrogens with one attached hydrogen (secondary N) is 1. The molecule has 5 heteroatoms. The monoisotopic (exact) mass is 282 g/mol. The van der Waals surface area contributed by atoms with Crippen molar-refractivity contribution in [2.45, 2.75) is 32.7 Å². The van der Waals surface area contributed by atoms with Crippen LogP contribution in [0.25, 0.3) is 0 Å². The summed E-state index contributed by atoms with van der Waals surface area (Å²) < 4.78 is 0. The number of piperazine rings is 1. The third-order valence-corrected chi connectivity index (χ3v) is 4.74. The van der Waals surface area contributed by atoms with Gasteiger partial charge in [-0.05, 0) is 12.8 Å². The van der Waals surface area contributed by atoms with E-state index in [1.807, 2.05) is 6.20 Å². The van der Waals surface area contributed by atoms with Crippen molar-refractivity contribution in [1.82, 2.24) is 15.2 Å². The molecule has 2 heterocycles. The SMILES string of the molecule is CCC(CC)NCCN1CCN(c2nccs2)CC1. The average molecular weight is 282 g/mol. The van der Waals surface area contributed by atoms with Crippen molar-refractivity contribution in [2.75, 3.05) is 44.2 Å². The minimum atomic E-state index is 0.691. The van der Waals surface area contributed by atoms with E-state index in [2.05, 4.69) is 39.3 Å². The quantitative estimate of drug-likeness (QED) is 0.829. The number of hydrogen-bond acceptors (Lipinski definition) is 5. The Bertz CT molecular complexity index is 329. The normalized spacial score (nSPS) is 17.3. The predicted octanol–water partition coefficient (Wildman–Crippen LogP) is 2.04. The molecule has 0 aromatic carbocycles. The van der Waals surface area contributed by atoms with Gasteiger partial charge in [-0.25, -0.2) is 4.98 Å². The highest BCUT2D eigenvalue weighted by molar-refractivity contribution is 7.13. The number of thiazole rings is 1. The third kappa shape index (κ3) is 4.44. The molecule has 1 aromatic heterocycles. The summed E-state index contributed by atoms with van der Waals surface area (Å²) in [4.78, 5) is 9.34. The van der Waals surface area contributed by atoms with Gasteiger partial charge in [-0.1, -0.05) is 13.8 Å². The van der Waals surface area contributed by atoms with Crippen molar-refractivity contribution in [2.24, 2.45) is 0 Å². The molecule has 0 amide bonds. The van der Waals surface area contributed by atoms with E-state index < -0.39 is 0 Å². The number of anilines is 1.